The van der Waals surface area contributed by atoms with Crippen molar-refractivity contribution < 1.29 is 48.5 Å². The van der Waals surface area contributed by atoms with Crippen LogP contribution in [0.3, 0.4) is 0 Å². The van der Waals surface area contributed by atoms with E-state index in [1.165, 1.54) is 6.92 Å². The van der Waals surface area contributed by atoms with Gasteiger partial charge in [0.2, 0.25) is 17.5 Å². The quantitative estimate of drug-likeness (QED) is 0.0461. The second-order valence-electron chi connectivity index (χ2n) is 14.1. The van der Waals surface area contributed by atoms with Crippen LogP contribution in [0.25, 0.3) is 0 Å². The molecule has 0 aromatic heterocycles. The largest absolute Gasteiger partial charge is 0.394 e. The molecule has 1 heterocycles. The lowest BCUT2D eigenvalue weighted by Crippen LogP contribution is -2.67. The van der Waals surface area contributed by atoms with E-state index in [4.69, 9.17) is 19.9 Å². The van der Waals surface area contributed by atoms with Crippen molar-refractivity contribution in [2.75, 3.05) is 41.0 Å². The molecule has 14 heteroatoms. The SMILES string of the molecule is COC(C)(C)[N+](C)(C)NC(=O)C(C)(C)CC(C)(C)C(=O)NCCCCCCOC1OC(CO)C(O)C(O)C1NC(=O)C(C)N. The molecule has 1 fully saturated rings. The molecule has 0 aromatic carbocycles. The molecule has 0 saturated carbocycles. The smallest absolute Gasteiger partial charge is 0.270 e. The number of ether oxygens (including phenoxy) is 3. The highest BCUT2D eigenvalue weighted by atomic mass is 16.7. The fraction of sp³-hybridized carbons (Fsp3) is 0.900. The minimum atomic E-state index is -1.41. The van der Waals surface area contributed by atoms with E-state index in [1.54, 1.807) is 7.11 Å². The Kier molecular flexibility index (Phi) is 15.1. The van der Waals surface area contributed by atoms with Gasteiger partial charge in [0.05, 0.1) is 26.7 Å². The van der Waals surface area contributed by atoms with Crippen molar-refractivity contribution in [3.8, 4) is 0 Å². The number of nitrogens with two attached hydrogens (primary N) is 1. The number of nitrogens with one attached hydrogen (secondary N) is 3. The predicted octanol–water partition coefficient (Wildman–Crippen LogP) is -0.117. The monoisotopic (exact) mass is 634 g/mol. The molecule has 1 rings (SSSR count). The number of hydrogen-bond acceptors (Lipinski definition) is 10. The van der Waals surface area contributed by atoms with Gasteiger partial charge >= 0.3 is 0 Å². The molecule has 6 atom stereocenters. The molecule has 258 valence electrons. The molecule has 0 aromatic rings. The fourth-order valence-corrected chi connectivity index (χ4v) is 4.93. The van der Waals surface area contributed by atoms with E-state index in [0.717, 1.165) is 19.3 Å². The predicted molar refractivity (Wildman–Crippen MR) is 164 cm³/mol. The highest BCUT2D eigenvalue weighted by Crippen LogP contribution is 2.35. The lowest BCUT2D eigenvalue weighted by Gasteiger charge is -2.43. The van der Waals surface area contributed by atoms with Gasteiger partial charge in [-0.3, -0.25) is 14.4 Å². The number of aliphatic hydroxyl groups excluding tert-OH is 3. The van der Waals surface area contributed by atoms with Crippen LogP contribution in [0.5, 0.6) is 0 Å². The average molecular weight is 635 g/mol. The van der Waals surface area contributed by atoms with Crippen molar-refractivity contribution in [2.24, 2.45) is 16.6 Å². The van der Waals surface area contributed by atoms with E-state index in [9.17, 15) is 29.7 Å². The van der Waals surface area contributed by atoms with Crippen molar-refractivity contribution >= 4 is 17.7 Å². The molecule has 0 spiro atoms. The molecule has 0 radical (unpaired) electrons. The summed E-state index contributed by atoms with van der Waals surface area (Å²) >= 11 is 0. The summed E-state index contributed by atoms with van der Waals surface area (Å²) in [4.78, 5) is 38.3. The molecule has 14 nitrogen and oxygen atoms in total. The van der Waals surface area contributed by atoms with Gasteiger partial charge in [-0.05, 0) is 26.2 Å². The van der Waals surface area contributed by atoms with Crippen LogP contribution < -0.4 is 21.8 Å². The molecule has 3 amide bonds. The van der Waals surface area contributed by atoms with E-state index in [2.05, 4.69) is 16.1 Å². The van der Waals surface area contributed by atoms with Crippen molar-refractivity contribution in [3.05, 3.63) is 0 Å². The molecule has 8 N–H and O–H groups in total. The van der Waals surface area contributed by atoms with Gasteiger partial charge in [0, 0.05) is 44.9 Å². The van der Waals surface area contributed by atoms with Gasteiger partial charge in [-0.2, -0.15) is 10.0 Å². The zero-order valence-corrected chi connectivity index (χ0v) is 28.4. The molecular weight excluding hydrogens is 574 g/mol. The minimum absolute atomic E-state index is 0.121. The van der Waals surface area contributed by atoms with E-state index >= 15 is 0 Å². The van der Waals surface area contributed by atoms with Gasteiger partial charge in [0.25, 0.3) is 5.91 Å². The first-order valence-electron chi connectivity index (χ1n) is 15.4. The van der Waals surface area contributed by atoms with Gasteiger partial charge < -0.3 is 45.9 Å². The first kappa shape index (κ1) is 40.1. The number of nitrogens with zero attached hydrogens (tertiary/aromatic N) is 1. The van der Waals surface area contributed by atoms with Gasteiger partial charge in [-0.25, -0.2) is 0 Å². The standard InChI is InChI=1S/C30H59N5O9/c1-19(31)24(39)33-21-23(38)22(37)20(17-36)44-25(21)43-16-14-12-11-13-15-32-26(40)28(2,3)18-29(4,5)27(41)34-35(8,9)30(6,7)42-10/h19-23,25,36-38H,11-18,31H2,1-10H3,(H2-,32,33,34,39,40,41)/p+1. The number of rotatable bonds is 18. The van der Waals surface area contributed by atoms with Crippen molar-refractivity contribution in [2.45, 2.75) is 123 Å². The first-order chi connectivity index (χ1) is 20.1. The maximum Gasteiger partial charge on any atom is 0.270 e. The van der Waals surface area contributed by atoms with E-state index < -0.39 is 65.8 Å². The van der Waals surface area contributed by atoms with Crippen LogP contribution in [0.1, 0.15) is 80.6 Å². The Hall–Kier alpha value is -1.91. The topological polar surface area (TPSA) is 202 Å². The van der Waals surface area contributed by atoms with Crippen LogP contribution in [0.15, 0.2) is 0 Å². The maximum atomic E-state index is 13.2. The van der Waals surface area contributed by atoms with E-state index in [-0.39, 0.29) is 23.0 Å². The number of hydrogen-bond donors (Lipinski definition) is 7. The van der Waals surface area contributed by atoms with Crippen LogP contribution in [0.2, 0.25) is 0 Å². The molecule has 1 aliphatic heterocycles. The zero-order chi connectivity index (χ0) is 34.1. The van der Waals surface area contributed by atoms with E-state index in [0.29, 0.717) is 19.4 Å². The summed E-state index contributed by atoms with van der Waals surface area (Å²) < 4.78 is 17.0. The van der Waals surface area contributed by atoms with Crippen LogP contribution in [-0.2, 0) is 28.6 Å². The van der Waals surface area contributed by atoms with Crippen molar-refractivity contribution in [1.29, 1.82) is 0 Å². The molecular formula is C30H60N5O9+. The number of methoxy groups -OCH3 is 1. The zero-order valence-electron chi connectivity index (χ0n) is 28.4. The van der Waals surface area contributed by atoms with Crippen LogP contribution >= 0.6 is 0 Å². The molecule has 0 aliphatic carbocycles. The average Bonchev–Trinajstić information content (AvgIpc) is 2.92. The number of quaternary nitrogens is 1. The third-order valence-electron chi connectivity index (χ3n) is 8.58. The number of carbonyl (C=O) groups is 3. The summed E-state index contributed by atoms with van der Waals surface area (Å²) in [6.45, 7) is 12.8. The Morgan fingerprint density at radius 1 is 0.955 bits per heavy atom. The number of unbranched alkanes of at least 4 members (excludes halogenated alkanes) is 3. The maximum absolute atomic E-state index is 13.2. The first-order valence-corrected chi connectivity index (χ1v) is 15.4. The second kappa shape index (κ2) is 16.6. The lowest BCUT2D eigenvalue weighted by atomic mass is 9.74. The van der Waals surface area contributed by atoms with Gasteiger partial charge in [-0.15, -0.1) is 0 Å². The van der Waals surface area contributed by atoms with Gasteiger partial charge in [0.15, 0.2) is 6.29 Å². The van der Waals surface area contributed by atoms with Crippen molar-refractivity contribution in [3.63, 3.8) is 0 Å². The summed E-state index contributed by atoms with van der Waals surface area (Å²) in [6, 6.07) is -1.89. The van der Waals surface area contributed by atoms with Gasteiger partial charge in [-0.1, -0.05) is 40.5 Å². The van der Waals surface area contributed by atoms with Crippen molar-refractivity contribution in [1.82, 2.24) is 16.1 Å². The fourth-order valence-electron chi connectivity index (χ4n) is 4.93. The highest BCUT2D eigenvalue weighted by Gasteiger charge is 2.46. The summed E-state index contributed by atoms with van der Waals surface area (Å²) in [5, 5.41) is 35.7. The minimum Gasteiger partial charge on any atom is -0.394 e. The Labute approximate surface area is 262 Å². The third kappa shape index (κ3) is 11.2. The Balaban J connectivity index is 2.50. The summed E-state index contributed by atoms with van der Waals surface area (Å²) in [7, 11) is 5.31. The molecule has 1 saturated heterocycles. The Bertz CT molecular complexity index is 942. The van der Waals surface area contributed by atoms with Gasteiger partial charge in [0.1, 0.15) is 24.4 Å². The van der Waals surface area contributed by atoms with Crippen LogP contribution in [0.4, 0.5) is 0 Å². The molecule has 0 bridgehead atoms. The van der Waals surface area contributed by atoms with Crippen LogP contribution in [0, 0.1) is 10.8 Å². The summed E-state index contributed by atoms with van der Waals surface area (Å²) in [5.74, 6) is -0.831. The van der Waals surface area contributed by atoms with Crippen LogP contribution in [-0.4, -0.2) is 121 Å². The number of aliphatic hydroxyl groups is 3. The van der Waals surface area contributed by atoms with E-state index in [1.807, 2.05) is 55.6 Å². The normalized spacial score (nSPS) is 24.0. The Morgan fingerprint density at radius 3 is 2.07 bits per heavy atom. The molecule has 6 unspecified atom stereocenters. The summed E-state index contributed by atoms with van der Waals surface area (Å²) in [6.07, 6.45) is -1.59. The number of carbonyl (C=O) groups excluding carboxylic acids is 3. The second-order valence-corrected chi connectivity index (χ2v) is 14.1. The lowest BCUT2D eigenvalue weighted by molar-refractivity contribution is -0.993. The number of amides is 3. The third-order valence-corrected chi connectivity index (χ3v) is 8.58. The highest BCUT2D eigenvalue weighted by molar-refractivity contribution is 5.85. The summed E-state index contributed by atoms with van der Waals surface area (Å²) in [5.41, 5.74) is 6.41. The molecule has 44 heavy (non-hydrogen) atoms. The Morgan fingerprint density at radius 2 is 1.52 bits per heavy atom. The molecule has 1 aliphatic rings.